The summed E-state index contributed by atoms with van der Waals surface area (Å²) in [5, 5.41) is 12.7. The van der Waals surface area contributed by atoms with E-state index in [0.29, 0.717) is 19.6 Å². The molecule has 3 nitrogen and oxygen atoms in total. The van der Waals surface area contributed by atoms with Crippen LogP contribution in [0.15, 0.2) is 0 Å². The van der Waals surface area contributed by atoms with Crippen LogP contribution in [0.3, 0.4) is 0 Å². The third-order valence-corrected chi connectivity index (χ3v) is 3.22. The third kappa shape index (κ3) is 2.87. The third-order valence-electron chi connectivity index (χ3n) is 3.22. The lowest BCUT2D eigenvalue weighted by Gasteiger charge is -2.40. The number of nitrogens with zero attached hydrogens (tertiary/aromatic N) is 1. The molecule has 0 saturated carbocycles. The number of alkyl halides is 3. The van der Waals surface area contributed by atoms with Crippen molar-refractivity contribution in [1.82, 2.24) is 10.2 Å². The maximum Gasteiger partial charge on any atom is 0.418 e. The Labute approximate surface area is 93.6 Å². The van der Waals surface area contributed by atoms with Gasteiger partial charge in [-0.25, -0.2) is 0 Å². The zero-order valence-electron chi connectivity index (χ0n) is 9.64. The van der Waals surface area contributed by atoms with Gasteiger partial charge in [0.15, 0.2) is 5.60 Å². The van der Waals surface area contributed by atoms with E-state index in [9.17, 15) is 18.3 Å². The summed E-state index contributed by atoms with van der Waals surface area (Å²) in [6, 6.07) is 0.0224. The Kier molecular flexibility index (Phi) is 4.20. The fourth-order valence-corrected chi connectivity index (χ4v) is 1.86. The number of rotatable bonds is 3. The van der Waals surface area contributed by atoms with E-state index in [1.54, 1.807) is 4.90 Å². The Balaban J connectivity index is 2.68. The largest absolute Gasteiger partial charge is 0.418 e. The smallest absolute Gasteiger partial charge is 0.379 e. The molecule has 0 aromatic heterocycles. The van der Waals surface area contributed by atoms with Crippen molar-refractivity contribution in [1.29, 1.82) is 0 Å². The molecule has 1 rings (SSSR count). The van der Waals surface area contributed by atoms with Crippen LogP contribution in [0, 0.1) is 0 Å². The van der Waals surface area contributed by atoms with E-state index in [4.69, 9.17) is 0 Å². The van der Waals surface area contributed by atoms with Crippen LogP contribution in [0.5, 0.6) is 0 Å². The second-order valence-electron chi connectivity index (χ2n) is 4.41. The average Bonchev–Trinajstić information content (AvgIpc) is 2.19. The van der Waals surface area contributed by atoms with Crippen LogP contribution in [-0.2, 0) is 0 Å². The predicted molar refractivity (Wildman–Crippen MR) is 55.2 cm³/mol. The lowest BCUT2D eigenvalue weighted by atomic mass is 9.98. The van der Waals surface area contributed by atoms with E-state index in [1.807, 2.05) is 6.92 Å². The van der Waals surface area contributed by atoms with Crippen molar-refractivity contribution in [2.75, 3.05) is 26.2 Å². The van der Waals surface area contributed by atoms with Crippen molar-refractivity contribution < 1.29 is 18.3 Å². The lowest BCUT2D eigenvalue weighted by molar-refractivity contribution is -0.267. The van der Waals surface area contributed by atoms with Crippen molar-refractivity contribution in [3.8, 4) is 0 Å². The van der Waals surface area contributed by atoms with Gasteiger partial charge in [-0.1, -0.05) is 6.92 Å². The van der Waals surface area contributed by atoms with Crippen LogP contribution in [-0.4, -0.2) is 54.0 Å². The topological polar surface area (TPSA) is 35.5 Å². The maximum atomic E-state index is 12.7. The summed E-state index contributed by atoms with van der Waals surface area (Å²) in [6.45, 7) is 4.76. The first-order valence-electron chi connectivity index (χ1n) is 5.54. The first-order valence-corrected chi connectivity index (χ1v) is 5.54. The lowest BCUT2D eigenvalue weighted by Crippen LogP contribution is -2.59. The minimum atomic E-state index is -4.56. The number of hydrogen-bond acceptors (Lipinski definition) is 3. The molecule has 0 radical (unpaired) electrons. The molecule has 0 aliphatic carbocycles. The van der Waals surface area contributed by atoms with E-state index in [1.165, 1.54) is 6.92 Å². The minimum Gasteiger partial charge on any atom is -0.379 e. The standard InChI is InChI=1S/C10H19F3N2O/c1-3-9(16,10(11,12)13)7-15-5-4-14-6-8(15)2/h8,14,16H,3-7H2,1-2H3. The highest BCUT2D eigenvalue weighted by Crippen LogP contribution is 2.34. The van der Waals surface area contributed by atoms with Gasteiger partial charge in [-0.2, -0.15) is 13.2 Å². The Morgan fingerprint density at radius 2 is 2.06 bits per heavy atom. The van der Waals surface area contributed by atoms with Crippen LogP contribution < -0.4 is 5.32 Å². The molecule has 0 aromatic rings. The maximum absolute atomic E-state index is 12.7. The summed E-state index contributed by atoms with van der Waals surface area (Å²) in [5.74, 6) is 0. The zero-order chi connectivity index (χ0) is 12.4. The van der Waals surface area contributed by atoms with Gasteiger partial charge < -0.3 is 10.4 Å². The van der Waals surface area contributed by atoms with Crippen LogP contribution >= 0.6 is 0 Å². The van der Waals surface area contributed by atoms with E-state index in [0.717, 1.165) is 0 Å². The highest BCUT2D eigenvalue weighted by Gasteiger charge is 2.53. The van der Waals surface area contributed by atoms with Gasteiger partial charge in [-0.15, -0.1) is 0 Å². The molecule has 1 fully saturated rings. The van der Waals surface area contributed by atoms with Crippen LogP contribution in [0.1, 0.15) is 20.3 Å². The minimum absolute atomic E-state index is 0.0224. The number of piperazine rings is 1. The van der Waals surface area contributed by atoms with Crippen molar-refractivity contribution in [3.05, 3.63) is 0 Å². The fraction of sp³-hybridized carbons (Fsp3) is 1.00. The molecule has 0 aromatic carbocycles. The molecular formula is C10H19F3N2O. The van der Waals surface area contributed by atoms with Gasteiger partial charge in [0.1, 0.15) is 0 Å². The average molecular weight is 240 g/mol. The zero-order valence-corrected chi connectivity index (χ0v) is 9.64. The fourth-order valence-electron chi connectivity index (χ4n) is 1.86. The highest BCUT2D eigenvalue weighted by molar-refractivity contribution is 4.91. The molecule has 16 heavy (non-hydrogen) atoms. The van der Waals surface area contributed by atoms with Crippen molar-refractivity contribution >= 4 is 0 Å². The van der Waals surface area contributed by atoms with Crippen molar-refractivity contribution in [2.24, 2.45) is 0 Å². The van der Waals surface area contributed by atoms with E-state index >= 15 is 0 Å². The van der Waals surface area contributed by atoms with Crippen LogP contribution in [0.4, 0.5) is 13.2 Å². The summed E-state index contributed by atoms with van der Waals surface area (Å²) in [5.41, 5.74) is -2.58. The number of β-amino-alcohol motifs (C(OH)–C–C–N with tert-alkyl or cyclic N) is 1. The number of hydrogen-bond donors (Lipinski definition) is 2. The molecule has 1 aliphatic rings. The quantitative estimate of drug-likeness (QED) is 0.772. The molecule has 2 N–H and O–H groups in total. The summed E-state index contributed by atoms with van der Waals surface area (Å²) in [4.78, 5) is 1.69. The summed E-state index contributed by atoms with van der Waals surface area (Å²) < 4.78 is 38.1. The Hall–Kier alpha value is -0.330. The molecule has 1 heterocycles. The molecule has 6 heteroatoms. The molecule has 0 bridgehead atoms. The van der Waals surface area contributed by atoms with E-state index < -0.39 is 11.8 Å². The van der Waals surface area contributed by atoms with Crippen molar-refractivity contribution in [3.63, 3.8) is 0 Å². The van der Waals surface area contributed by atoms with E-state index in [-0.39, 0.29) is 19.0 Å². The Morgan fingerprint density at radius 3 is 2.50 bits per heavy atom. The van der Waals surface area contributed by atoms with Crippen molar-refractivity contribution in [2.45, 2.75) is 38.1 Å². The van der Waals surface area contributed by atoms with E-state index in [2.05, 4.69) is 5.32 Å². The second kappa shape index (κ2) is 4.89. The second-order valence-corrected chi connectivity index (χ2v) is 4.41. The highest BCUT2D eigenvalue weighted by atomic mass is 19.4. The molecule has 1 aliphatic heterocycles. The summed E-state index contributed by atoms with van der Waals surface area (Å²) in [7, 11) is 0. The Morgan fingerprint density at radius 1 is 1.44 bits per heavy atom. The van der Waals surface area contributed by atoms with Crippen LogP contribution in [0.25, 0.3) is 0 Å². The number of aliphatic hydroxyl groups is 1. The van der Waals surface area contributed by atoms with Crippen LogP contribution in [0.2, 0.25) is 0 Å². The molecule has 96 valence electrons. The molecule has 0 spiro atoms. The number of nitrogens with one attached hydrogen (secondary N) is 1. The first-order chi connectivity index (χ1) is 7.30. The Bertz CT molecular complexity index is 235. The summed E-state index contributed by atoms with van der Waals surface area (Å²) >= 11 is 0. The molecular weight excluding hydrogens is 221 g/mol. The van der Waals surface area contributed by atoms with Gasteiger partial charge >= 0.3 is 6.18 Å². The van der Waals surface area contributed by atoms with Gasteiger partial charge in [-0.05, 0) is 13.3 Å². The van der Waals surface area contributed by atoms with Gasteiger partial charge in [0, 0.05) is 32.2 Å². The molecule has 1 saturated heterocycles. The van der Waals surface area contributed by atoms with Gasteiger partial charge in [-0.3, -0.25) is 4.90 Å². The SMILES string of the molecule is CCC(O)(CN1CCNCC1C)C(F)(F)F. The van der Waals surface area contributed by atoms with Gasteiger partial charge in [0.2, 0.25) is 0 Å². The van der Waals surface area contributed by atoms with Gasteiger partial charge in [0.25, 0.3) is 0 Å². The normalized spacial score (nSPS) is 27.8. The first kappa shape index (κ1) is 13.7. The van der Waals surface area contributed by atoms with Gasteiger partial charge in [0.05, 0.1) is 0 Å². The molecule has 0 amide bonds. The monoisotopic (exact) mass is 240 g/mol. The molecule has 2 unspecified atom stereocenters. The summed E-state index contributed by atoms with van der Waals surface area (Å²) in [6.07, 6.45) is -4.88. The molecule has 2 atom stereocenters. The predicted octanol–water partition coefficient (Wildman–Crippen LogP) is 0.984. The number of halogens is 3.